The summed E-state index contributed by atoms with van der Waals surface area (Å²) in [4.78, 5) is 13.1. The van der Waals surface area contributed by atoms with E-state index >= 15 is 0 Å². The van der Waals surface area contributed by atoms with E-state index in [1.54, 1.807) is 10.6 Å². The Kier molecular flexibility index (Phi) is 5.85. The maximum absolute atomic E-state index is 13.1. The second-order valence-electron chi connectivity index (χ2n) is 6.99. The first-order chi connectivity index (χ1) is 13.1. The van der Waals surface area contributed by atoms with Gasteiger partial charge in [-0.1, -0.05) is 33.3 Å². The molecule has 2 aromatic heterocycles. The minimum atomic E-state index is -0.0540. The number of nitrogens with two attached hydrogens (primary N) is 1. The Morgan fingerprint density at radius 3 is 2.74 bits per heavy atom. The van der Waals surface area contributed by atoms with Crippen LogP contribution in [0.1, 0.15) is 39.3 Å². The van der Waals surface area contributed by atoms with Gasteiger partial charge >= 0.3 is 0 Å². The van der Waals surface area contributed by atoms with E-state index in [2.05, 4.69) is 41.4 Å². The van der Waals surface area contributed by atoms with Gasteiger partial charge in [-0.05, 0) is 29.7 Å². The average molecular weight is 370 g/mol. The zero-order chi connectivity index (χ0) is 19.4. The van der Waals surface area contributed by atoms with Crippen LogP contribution in [0.15, 0.2) is 23.0 Å². The monoisotopic (exact) mass is 370 g/mol. The lowest BCUT2D eigenvalue weighted by Gasteiger charge is -2.20. The van der Waals surface area contributed by atoms with Crippen molar-refractivity contribution < 1.29 is 4.74 Å². The molecule has 2 heterocycles. The van der Waals surface area contributed by atoms with Crippen LogP contribution in [0.4, 0.5) is 0 Å². The molecule has 3 N–H and O–H groups in total. The summed E-state index contributed by atoms with van der Waals surface area (Å²) in [5, 5.41) is 15.4. The van der Waals surface area contributed by atoms with Crippen molar-refractivity contribution in [3.63, 3.8) is 0 Å². The molecule has 0 aliphatic heterocycles. The molecule has 3 aromatic rings. The number of H-pyrrole nitrogens is 1. The molecule has 0 saturated heterocycles. The van der Waals surface area contributed by atoms with Crippen LogP contribution in [0.25, 0.3) is 22.2 Å². The summed E-state index contributed by atoms with van der Waals surface area (Å²) >= 11 is 0. The number of tetrazole rings is 1. The van der Waals surface area contributed by atoms with Gasteiger partial charge in [0.15, 0.2) is 0 Å². The largest absolute Gasteiger partial charge is 0.491 e. The number of rotatable bonds is 8. The van der Waals surface area contributed by atoms with Gasteiger partial charge in [0.05, 0.1) is 17.7 Å². The van der Waals surface area contributed by atoms with E-state index in [1.807, 2.05) is 12.1 Å². The number of pyridine rings is 1. The maximum atomic E-state index is 13.1. The molecular weight excluding hydrogens is 344 g/mol. The van der Waals surface area contributed by atoms with Crippen molar-refractivity contribution in [1.29, 1.82) is 0 Å². The molecule has 8 nitrogen and oxygen atoms in total. The Balaban J connectivity index is 2.25. The van der Waals surface area contributed by atoms with Gasteiger partial charge in [0.25, 0.3) is 5.56 Å². The minimum Gasteiger partial charge on any atom is -0.491 e. The molecule has 0 atom stereocenters. The molecule has 0 aliphatic carbocycles. The molecule has 0 bridgehead atoms. The number of ether oxygens (including phenoxy) is 1. The van der Waals surface area contributed by atoms with Crippen LogP contribution in [0.5, 0.6) is 5.75 Å². The number of aromatic amines is 1. The van der Waals surface area contributed by atoms with Crippen LogP contribution in [0.2, 0.25) is 0 Å². The predicted molar refractivity (Wildman–Crippen MR) is 105 cm³/mol. The molecule has 0 fully saturated rings. The Hall–Kier alpha value is -2.74. The van der Waals surface area contributed by atoms with Gasteiger partial charge < -0.3 is 15.0 Å². The lowest BCUT2D eigenvalue weighted by molar-refractivity contribution is 0.304. The fraction of sp³-hybridized carbons (Fsp3) is 0.474. The standard InChI is InChI=1S/C19H26N6O2/c1-4-5-8-27-17-15-9-13(18-21-23-24-22-18)6-7-14(15)19(26)25(11-12(2)3)16(17)10-20/h6-7,9,12H,4-5,8,10-11,20H2,1-3H3,(H,21,22,23,24). The predicted octanol–water partition coefficient (Wildman–Crippen LogP) is 2.48. The molecule has 0 aliphatic rings. The first kappa shape index (κ1) is 19.0. The zero-order valence-corrected chi connectivity index (χ0v) is 16.0. The van der Waals surface area contributed by atoms with Crippen molar-refractivity contribution in [1.82, 2.24) is 25.2 Å². The van der Waals surface area contributed by atoms with E-state index in [-0.39, 0.29) is 12.1 Å². The lowest BCUT2D eigenvalue weighted by atomic mass is 10.0. The third kappa shape index (κ3) is 3.85. The Labute approximate surface area is 157 Å². The van der Waals surface area contributed by atoms with E-state index in [0.717, 1.165) is 29.5 Å². The number of hydrogen-bond donors (Lipinski definition) is 2. The van der Waals surface area contributed by atoms with Crippen molar-refractivity contribution in [2.45, 2.75) is 46.7 Å². The fourth-order valence-electron chi connectivity index (χ4n) is 3.13. The van der Waals surface area contributed by atoms with Gasteiger partial charge in [-0.15, -0.1) is 10.2 Å². The quantitative estimate of drug-likeness (QED) is 0.589. The van der Waals surface area contributed by atoms with Gasteiger partial charge in [-0.2, -0.15) is 5.21 Å². The van der Waals surface area contributed by atoms with E-state index in [1.165, 1.54) is 0 Å². The topological polar surface area (TPSA) is 112 Å². The Bertz CT molecular complexity index is 962. The molecule has 1 aromatic carbocycles. The molecule has 3 rings (SSSR count). The molecule has 8 heteroatoms. The van der Waals surface area contributed by atoms with Gasteiger partial charge in [-0.3, -0.25) is 4.79 Å². The molecular formula is C19H26N6O2. The van der Waals surface area contributed by atoms with Crippen molar-refractivity contribution in [2.75, 3.05) is 6.61 Å². The highest BCUT2D eigenvalue weighted by atomic mass is 16.5. The Morgan fingerprint density at radius 1 is 1.30 bits per heavy atom. The number of unbranched alkanes of at least 4 members (excludes halogenated alkanes) is 1. The average Bonchev–Trinajstić information content (AvgIpc) is 3.19. The second kappa shape index (κ2) is 8.30. The summed E-state index contributed by atoms with van der Waals surface area (Å²) < 4.78 is 7.88. The van der Waals surface area contributed by atoms with Crippen molar-refractivity contribution >= 4 is 10.8 Å². The number of fused-ring (bicyclic) bond motifs is 1. The first-order valence-electron chi connectivity index (χ1n) is 9.32. The Morgan fingerprint density at radius 2 is 2.11 bits per heavy atom. The number of hydrogen-bond acceptors (Lipinski definition) is 6. The summed E-state index contributed by atoms with van der Waals surface area (Å²) in [5.74, 6) is 1.45. The summed E-state index contributed by atoms with van der Waals surface area (Å²) in [6.07, 6.45) is 1.95. The van der Waals surface area contributed by atoms with Gasteiger partial charge in [0, 0.05) is 24.0 Å². The summed E-state index contributed by atoms with van der Waals surface area (Å²) in [6, 6.07) is 5.50. The number of benzene rings is 1. The smallest absolute Gasteiger partial charge is 0.258 e. The number of aromatic nitrogens is 5. The molecule has 0 unspecified atom stereocenters. The van der Waals surface area contributed by atoms with Gasteiger partial charge in [-0.25, -0.2) is 0 Å². The highest BCUT2D eigenvalue weighted by Gasteiger charge is 2.19. The number of nitrogens with zero attached hydrogens (tertiary/aromatic N) is 4. The molecule has 0 amide bonds. The van der Waals surface area contributed by atoms with E-state index in [9.17, 15) is 4.79 Å². The van der Waals surface area contributed by atoms with Crippen molar-refractivity contribution in [2.24, 2.45) is 11.7 Å². The third-order valence-electron chi connectivity index (χ3n) is 4.42. The van der Waals surface area contributed by atoms with Crippen LogP contribution >= 0.6 is 0 Å². The van der Waals surface area contributed by atoms with Crippen LogP contribution in [-0.2, 0) is 13.1 Å². The maximum Gasteiger partial charge on any atom is 0.258 e. The van der Waals surface area contributed by atoms with Crippen LogP contribution in [-0.4, -0.2) is 31.8 Å². The third-order valence-corrected chi connectivity index (χ3v) is 4.42. The van der Waals surface area contributed by atoms with Crippen molar-refractivity contribution in [3.8, 4) is 17.1 Å². The zero-order valence-electron chi connectivity index (χ0n) is 16.0. The van der Waals surface area contributed by atoms with Gasteiger partial charge in [0.2, 0.25) is 5.82 Å². The highest BCUT2D eigenvalue weighted by Crippen LogP contribution is 2.31. The van der Waals surface area contributed by atoms with E-state index in [4.69, 9.17) is 10.5 Å². The second-order valence-corrected chi connectivity index (χ2v) is 6.99. The van der Waals surface area contributed by atoms with Crippen LogP contribution in [0.3, 0.4) is 0 Å². The summed E-state index contributed by atoms with van der Waals surface area (Å²) in [6.45, 7) is 7.66. The van der Waals surface area contributed by atoms with Gasteiger partial charge in [0.1, 0.15) is 5.75 Å². The molecule has 0 radical (unpaired) electrons. The SMILES string of the molecule is CCCCOc1c(CN)n(CC(C)C)c(=O)c2ccc(-c3nn[nH]n3)cc12. The lowest BCUT2D eigenvalue weighted by Crippen LogP contribution is -2.28. The molecule has 27 heavy (non-hydrogen) atoms. The van der Waals surface area contributed by atoms with E-state index in [0.29, 0.717) is 36.0 Å². The molecule has 0 saturated carbocycles. The number of nitrogens with one attached hydrogen (secondary N) is 1. The molecule has 144 valence electrons. The molecule has 0 spiro atoms. The van der Waals surface area contributed by atoms with Crippen molar-refractivity contribution in [3.05, 3.63) is 34.2 Å². The summed E-state index contributed by atoms with van der Waals surface area (Å²) in [7, 11) is 0. The van der Waals surface area contributed by atoms with Crippen LogP contribution in [0, 0.1) is 5.92 Å². The highest BCUT2D eigenvalue weighted by molar-refractivity contribution is 5.91. The van der Waals surface area contributed by atoms with Crippen LogP contribution < -0.4 is 16.0 Å². The minimum absolute atomic E-state index is 0.0540. The van der Waals surface area contributed by atoms with E-state index < -0.39 is 0 Å². The first-order valence-corrected chi connectivity index (χ1v) is 9.32. The fourth-order valence-corrected chi connectivity index (χ4v) is 3.13. The summed E-state index contributed by atoms with van der Waals surface area (Å²) in [5.41, 5.74) is 7.48. The normalized spacial score (nSPS) is 11.4.